The molecule has 4 N–H and O–H groups in total. The lowest BCUT2D eigenvalue weighted by molar-refractivity contribution is -0.142. The van der Waals surface area contributed by atoms with Gasteiger partial charge in [0.15, 0.2) is 0 Å². The first-order valence-electron chi connectivity index (χ1n) is 5.51. The molecule has 1 aromatic rings. The Hall–Kier alpha value is -1.53. The Morgan fingerprint density at radius 3 is 2.44 bits per heavy atom. The Bertz CT molecular complexity index is 411. The number of hydrogen-bond acceptors (Lipinski definition) is 4. The van der Waals surface area contributed by atoms with Crippen molar-refractivity contribution in [2.24, 2.45) is 5.73 Å². The molecule has 2 atom stereocenters. The van der Waals surface area contributed by atoms with Crippen molar-refractivity contribution in [3.8, 4) is 0 Å². The second-order valence-electron chi connectivity index (χ2n) is 3.80. The van der Waals surface area contributed by atoms with Crippen LogP contribution in [0.3, 0.4) is 0 Å². The first-order valence-corrected chi connectivity index (χ1v) is 6.14. The molecule has 0 aliphatic rings. The highest BCUT2D eigenvalue weighted by Crippen LogP contribution is 2.10. The first-order chi connectivity index (χ1) is 8.56. The van der Waals surface area contributed by atoms with E-state index in [-0.39, 0.29) is 6.42 Å². The maximum Gasteiger partial charge on any atom is 0.326 e. The van der Waals surface area contributed by atoms with Crippen molar-refractivity contribution in [3.05, 3.63) is 35.9 Å². The molecular weight excluding hydrogens is 252 g/mol. The standard InChI is InChI=1S/C12H16N2O3S/c13-10(8-4-2-1-3-5-8)11(15)14-9(6-7-18)12(16)17/h1-5,9-10,18H,6-7,13H2,(H,14,15)(H,16,17)/t9-,10+/m0/s1. The number of rotatable bonds is 6. The molecule has 1 aromatic carbocycles. The number of nitrogens with two attached hydrogens (primary N) is 1. The first kappa shape index (κ1) is 14.5. The van der Waals surface area contributed by atoms with Gasteiger partial charge in [-0.25, -0.2) is 4.79 Å². The van der Waals surface area contributed by atoms with Gasteiger partial charge < -0.3 is 16.2 Å². The number of carboxylic acids is 1. The van der Waals surface area contributed by atoms with E-state index in [1.807, 2.05) is 6.07 Å². The molecule has 98 valence electrons. The number of hydrogen-bond donors (Lipinski definition) is 4. The van der Waals surface area contributed by atoms with Gasteiger partial charge in [0.25, 0.3) is 0 Å². The molecule has 0 spiro atoms. The molecule has 0 aromatic heterocycles. The lowest BCUT2D eigenvalue weighted by Crippen LogP contribution is -2.45. The van der Waals surface area contributed by atoms with Gasteiger partial charge in [0, 0.05) is 0 Å². The van der Waals surface area contributed by atoms with Gasteiger partial charge in [-0.1, -0.05) is 30.3 Å². The predicted octanol–water partition coefficient (Wildman–Crippen LogP) is 0.576. The SMILES string of the molecule is N[C@@H](C(=O)N[C@@H](CCS)C(=O)O)c1ccccc1. The summed E-state index contributed by atoms with van der Waals surface area (Å²) in [7, 11) is 0. The summed E-state index contributed by atoms with van der Waals surface area (Å²) in [6.45, 7) is 0. The fraction of sp³-hybridized carbons (Fsp3) is 0.333. The fourth-order valence-electron chi connectivity index (χ4n) is 1.46. The summed E-state index contributed by atoms with van der Waals surface area (Å²) in [5.41, 5.74) is 6.40. The Morgan fingerprint density at radius 1 is 1.33 bits per heavy atom. The Balaban J connectivity index is 2.67. The lowest BCUT2D eigenvalue weighted by Gasteiger charge is -2.17. The molecule has 5 nitrogen and oxygen atoms in total. The molecule has 0 unspecified atom stereocenters. The number of aliphatic carboxylic acids is 1. The number of amides is 1. The summed E-state index contributed by atoms with van der Waals surface area (Å²) < 4.78 is 0. The van der Waals surface area contributed by atoms with Crippen LogP contribution in [0.4, 0.5) is 0 Å². The Labute approximate surface area is 111 Å². The van der Waals surface area contributed by atoms with Gasteiger partial charge in [0.05, 0.1) is 0 Å². The third-order valence-electron chi connectivity index (χ3n) is 2.47. The van der Waals surface area contributed by atoms with Crippen LogP contribution in [0.15, 0.2) is 30.3 Å². The average molecular weight is 268 g/mol. The van der Waals surface area contributed by atoms with Crippen LogP contribution in [0.1, 0.15) is 18.0 Å². The fourth-order valence-corrected chi connectivity index (χ4v) is 1.72. The average Bonchev–Trinajstić information content (AvgIpc) is 2.38. The zero-order valence-corrected chi connectivity index (χ0v) is 10.6. The summed E-state index contributed by atoms with van der Waals surface area (Å²) in [6, 6.07) is 6.97. The zero-order valence-electron chi connectivity index (χ0n) is 9.74. The van der Waals surface area contributed by atoms with E-state index in [1.54, 1.807) is 24.3 Å². The number of carbonyl (C=O) groups excluding carboxylic acids is 1. The van der Waals surface area contributed by atoms with Crippen molar-refractivity contribution >= 4 is 24.5 Å². The van der Waals surface area contributed by atoms with Crippen molar-refractivity contribution in [3.63, 3.8) is 0 Å². The topological polar surface area (TPSA) is 92.4 Å². The van der Waals surface area contributed by atoms with Gasteiger partial charge in [-0.15, -0.1) is 0 Å². The van der Waals surface area contributed by atoms with Crippen LogP contribution in [0.2, 0.25) is 0 Å². The van der Waals surface area contributed by atoms with Crippen LogP contribution in [0, 0.1) is 0 Å². The summed E-state index contributed by atoms with van der Waals surface area (Å²) in [5.74, 6) is -1.22. The molecule has 0 aliphatic heterocycles. The molecule has 0 heterocycles. The van der Waals surface area contributed by atoms with Crippen molar-refractivity contribution in [2.75, 3.05) is 5.75 Å². The van der Waals surface area contributed by atoms with E-state index in [0.29, 0.717) is 11.3 Å². The molecule has 0 fully saturated rings. The minimum Gasteiger partial charge on any atom is -0.480 e. The van der Waals surface area contributed by atoms with Crippen LogP contribution in [-0.2, 0) is 9.59 Å². The quantitative estimate of drug-likeness (QED) is 0.568. The van der Waals surface area contributed by atoms with E-state index in [0.717, 1.165) is 0 Å². The van der Waals surface area contributed by atoms with Crippen molar-refractivity contribution < 1.29 is 14.7 Å². The highest BCUT2D eigenvalue weighted by molar-refractivity contribution is 7.80. The van der Waals surface area contributed by atoms with Gasteiger partial charge in [-0.05, 0) is 17.7 Å². The second kappa shape index (κ2) is 7.03. The van der Waals surface area contributed by atoms with Crippen molar-refractivity contribution in [1.29, 1.82) is 0 Å². The third-order valence-corrected chi connectivity index (χ3v) is 2.73. The van der Waals surface area contributed by atoms with Gasteiger partial charge in [-0.3, -0.25) is 4.79 Å². The molecule has 0 saturated heterocycles. The van der Waals surface area contributed by atoms with E-state index in [1.165, 1.54) is 0 Å². The van der Waals surface area contributed by atoms with Crippen molar-refractivity contribution in [1.82, 2.24) is 5.32 Å². The summed E-state index contributed by atoms with van der Waals surface area (Å²) in [4.78, 5) is 22.7. The van der Waals surface area contributed by atoms with E-state index in [2.05, 4.69) is 17.9 Å². The largest absolute Gasteiger partial charge is 0.480 e. The minimum atomic E-state index is -1.09. The second-order valence-corrected chi connectivity index (χ2v) is 4.25. The molecule has 0 radical (unpaired) electrons. The molecule has 0 saturated carbocycles. The van der Waals surface area contributed by atoms with Crippen LogP contribution in [0.5, 0.6) is 0 Å². The highest BCUT2D eigenvalue weighted by Gasteiger charge is 2.23. The molecular formula is C12H16N2O3S. The van der Waals surface area contributed by atoms with Gasteiger partial charge >= 0.3 is 5.97 Å². The van der Waals surface area contributed by atoms with Crippen LogP contribution in [-0.4, -0.2) is 28.8 Å². The van der Waals surface area contributed by atoms with E-state index in [9.17, 15) is 9.59 Å². The van der Waals surface area contributed by atoms with Gasteiger partial charge in [0.1, 0.15) is 12.1 Å². The summed E-state index contributed by atoms with van der Waals surface area (Å²) in [5, 5.41) is 11.3. The van der Waals surface area contributed by atoms with E-state index >= 15 is 0 Å². The molecule has 1 rings (SSSR count). The monoisotopic (exact) mass is 268 g/mol. The molecule has 18 heavy (non-hydrogen) atoms. The summed E-state index contributed by atoms with van der Waals surface area (Å²) in [6.07, 6.45) is 0.256. The Kier molecular flexibility index (Phi) is 5.67. The van der Waals surface area contributed by atoms with Gasteiger partial charge in [-0.2, -0.15) is 12.6 Å². The lowest BCUT2D eigenvalue weighted by atomic mass is 10.1. The smallest absolute Gasteiger partial charge is 0.326 e. The third kappa shape index (κ3) is 4.05. The number of nitrogens with one attached hydrogen (secondary N) is 1. The highest BCUT2D eigenvalue weighted by atomic mass is 32.1. The molecule has 1 amide bonds. The van der Waals surface area contributed by atoms with Crippen LogP contribution >= 0.6 is 12.6 Å². The Morgan fingerprint density at radius 2 is 1.94 bits per heavy atom. The van der Waals surface area contributed by atoms with Gasteiger partial charge in [0.2, 0.25) is 5.91 Å². The minimum absolute atomic E-state index is 0.256. The zero-order chi connectivity index (χ0) is 13.5. The van der Waals surface area contributed by atoms with Crippen molar-refractivity contribution in [2.45, 2.75) is 18.5 Å². The molecule has 0 bridgehead atoms. The number of carboxylic acid groups (broad SMARTS) is 1. The number of benzene rings is 1. The van der Waals surface area contributed by atoms with Crippen LogP contribution in [0.25, 0.3) is 0 Å². The number of thiol groups is 1. The molecule has 6 heteroatoms. The number of carbonyl (C=O) groups is 2. The predicted molar refractivity (Wildman–Crippen MR) is 71.4 cm³/mol. The van der Waals surface area contributed by atoms with E-state index < -0.39 is 24.0 Å². The maximum atomic E-state index is 11.8. The normalized spacial score (nSPS) is 13.7. The van der Waals surface area contributed by atoms with Crippen LogP contribution < -0.4 is 11.1 Å². The maximum absolute atomic E-state index is 11.8. The van der Waals surface area contributed by atoms with E-state index in [4.69, 9.17) is 10.8 Å². The summed E-state index contributed by atoms with van der Waals surface area (Å²) >= 11 is 3.95. The molecule has 0 aliphatic carbocycles.